The molecule has 2 heterocycles. The molecule has 1 aromatic heterocycles. The van der Waals surface area contributed by atoms with E-state index in [-0.39, 0.29) is 30.2 Å². The first-order chi connectivity index (χ1) is 9.51. The van der Waals surface area contributed by atoms with Crippen LogP contribution in [-0.4, -0.2) is 39.6 Å². The molecule has 108 valence electrons. The first-order valence-corrected chi connectivity index (χ1v) is 6.75. The molecule has 1 fully saturated rings. The summed E-state index contributed by atoms with van der Waals surface area (Å²) in [5.41, 5.74) is 0.665. The van der Waals surface area contributed by atoms with Gasteiger partial charge in [0.25, 0.3) is 0 Å². The number of rotatable bonds is 5. The summed E-state index contributed by atoms with van der Waals surface area (Å²) in [5, 5.41) is 6.98. The fourth-order valence-electron chi connectivity index (χ4n) is 2.21. The Hall–Kier alpha value is -2.11. The van der Waals surface area contributed by atoms with Crippen LogP contribution in [0.25, 0.3) is 0 Å². The van der Waals surface area contributed by atoms with Crippen molar-refractivity contribution in [2.45, 2.75) is 26.3 Å². The Balaban J connectivity index is 1.95. The van der Waals surface area contributed by atoms with Gasteiger partial charge in [-0.2, -0.15) is 5.10 Å². The first kappa shape index (κ1) is 14.3. The fourth-order valence-corrected chi connectivity index (χ4v) is 2.21. The number of aromatic nitrogens is 2. The molecule has 20 heavy (non-hydrogen) atoms. The lowest BCUT2D eigenvalue weighted by Crippen LogP contribution is -2.28. The molecule has 2 rings (SSSR count). The van der Waals surface area contributed by atoms with Gasteiger partial charge >= 0.3 is 0 Å². The van der Waals surface area contributed by atoms with Crippen LogP contribution in [-0.2, 0) is 9.59 Å². The summed E-state index contributed by atoms with van der Waals surface area (Å²) in [7, 11) is 0. The molecular formula is C14H20N4O2. The standard InChI is InChI=1S/C14H20N4O2/c1-4-5-17-8-11(6-13(17)19)14(20)16-12-7-15-18(9-12)10(2)3/h4,7,9-11H,1,5-6,8H2,2-3H3,(H,16,20). The van der Waals surface area contributed by atoms with Gasteiger partial charge in [-0.1, -0.05) is 6.08 Å². The Morgan fingerprint density at radius 1 is 1.65 bits per heavy atom. The van der Waals surface area contributed by atoms with E-state index in [0.717, 1.165) is 0 Å². The largest absolute Gasteiger partial charge is 0.338 e. The fraction of sp³-hybridized carbons (Fsp3) is 0.500. The van der Waals surface area contributed by atoms with Crippen LogP contribution in [0.1, 0.15) is 26.3 Å². The molecule has 1 atom stereocenters. The number of amides is 2. The Bertz CT molecular complexity index is 521. The first-order valence-electron chi connectivity index (χ1n) is 6.75. The van der Waals surface area contributed by atoms with Gasteiger partial charge in [0, 0.05) is 31.7 Å². The summed E-state index contributed by atoms with van der Waals surface area (Å²) < 4.78 is 1.78. The summed E-state index contributed by atoms with van der Waals surface area (Å²) in [6.45, 7) is 8.59. The predicted octanol–water partition coefficient (Wildman–Crippen LogP) is 1.44. The van der Waals surface area contributed by atoms with E-state index in [1.807, 2.05) is 13.8 Å². The number of hydrogen-bond donors (Lipinski definition) is 1. The van der Waals surface area contributed by atoms with Gasteiger partial charge in [-0.05, 0) is 13.8 Å². The molecule has 6 nitrogen and oxygen atoms in total. The highest BCUT2D eigenvalue weighted by atomic mass is 16.2. The average Bonchev–Trinajstić information content (AvgIpc) is 2.98. The van der Waals surface area contributed by atoms with Crippen LogP contribution < -0.4 is 5.32 Å². The molecule has 1 unspecified atom stereocenters. The average molecular weight is 276 g/mol. The summed E-state index contributed by atoms with van der Waals surface area (Å²) >= 11 is 0. The maximum Gasteiger partial charge on any atom is 0.229 e. The Morgan fingerprint density at radius 2 is 2.40 bits per heavy atom. The van der Waals surface area contributed by atoms with E-state index in [1.54, 1.807) is 28.1 Å². The number of carbonyl (C=O) groups is 2. The van der Waals surface area contributed by atoms with Gasteiger partial charge in [0.1, 0.15) is 0 Å². The molecule has 2 amide bonds. The van der Waals surface area contributed by atoms with E-state index < -0.39 is 0 Å². The molecule has 1 saturated heterocycles. The minimum atomic E-state index is -0.301. The number of carbonyl (C=O) groups excluding carboxylic acids is 2. The number of hydrogen-bond acceptors (Lipinski definition) is 3. The summed E-state index contributed by atoms with van der Waals surface area (Å²) in [6, 6.07) is 0.247. The molecule has 1 N–H and O–H groups in total. The molecule has 0 aromatic carbocycles. The number of nitrogens with one attached hydrogen (secondary N) is 1. The molecule has 1 aromatic rings. The summed E-state index contributed by atoms with van der Waals surface area (Å²) in [4.78, 5) is 25.5. The van der Waals surface area contributed by atoms with Gasteiger partial charge in [0.05, 0.1) is 17.8 Å². The third kappa shape index (κ3) is 3.07. The second kappa shape index (κ2) is 5.90. The molecular weight excluding hydrogens is 256 g/mol. The van der Waals surface area contributed by atoms with Crippen LogP contribution in [0.4, 0.5) is 5.69 Å². The Labute approximate surface area is 118 Å². The number of likely N-dealkylation sites (tertiary alicyclic amines) is 1. The topological polar surface area (TPSA) is 67.2 Å². The molecule has 0 saturated carbocycles. The lowest BCUT2D eigenvalue weighted by Gasteiger charge is -2.13. The van der Waals surface area contributed by atoms with Crippen LogP contribution in [0.3, 0.4) is 0 Å². The van der Waals surface area contributed by atoms with Crippen LogP contribution in [0.2, 0.25) is 0 Å². The van der Waals surface area contributed by atoms with Gasteiger partial charge in [-0.15, -0.1) is 6.58 Å². The molecule has 0 aliphatic carbocycles. The van der Waals surface area contributed by atoms with Crippen molar-refractivity contribution in [3.63, 3.8) is 0 Å². The van der Waals surface area contributed by atoms with Crippen molar-refractivity contribution >= 4 is 17.5 Å². The zero-order valence-electron chi connectivity index (χ0n) is 11.9. The quantitative estimate of drug-likeness (QED) is 0.827. The summed E-state index contributed by atoms with van der Waals surface area (Å²) in [5.74, 6) is -0.430. The predicted molar refractivity (Wildman–Crippen MR) is 76.1 cm³/mol. The third-order valence-corrected chi connectivity index (χ3v) is 3.33. The van der Waals surface area contributed by atoms with Gasteiger partial charge in [-0.3, -0.25) is 14.3 Å². The van der Waals surface area contributed by atoms with Crippen molar-refractivity contribution < 1.29 is 9.59 Å². The van der Waals surface area contributed by atoms with E-state index in [9.17, 15) is 9.59 Å². The molecule has 6 heteroatoms. The minimum absolute atomic E-state index is 0.00271. The van der Waals surface area contributed by atoms with E-state index in [1.165, 1.54) is 0 Å². The van der Waals surface area contributed by atoms with Crippen molar-refractivity contribution in [3.8, 4) is 0 Å². The van der Waals surface area contributed by atoms with Crippen LogP contribution in [0.5, 0.6) is 0 Å². The Morgan fingerprint density at radius 3 is 3.00 bits per heavy atom. The van der Waals surface area contributed by atoms with E-state index in [2.05, 4.69) is 17.0 Å². The molecule has 1 aliphatic rings. The number of nitrogens with zero attached hydrogens (tertiary/aromatic N) is 3. The van der Waals surface area contributed by atoms with Crippen molar-refractivity contribution in [1.82, 2.24) is 14.7 Å². The highest BCUT2D eigenvalue weighted by Crippen LogP contribution is 2.20. The van der Waals surface area contributed by atoms with Crippen molar-refractivity contribution in [3.05, 3.63) is 25.0 Å². The lowest BCUT2D eigenvalue weighted by molar-refractivity contribution is -0.127. The third-order valence-electron chi connectivity index (χ3n) is 3.33. The second-order valence-corrected chi connectivity index (χ2v) is 5.28. The van der Waals surface area contributed by atoms with Gasteiger partial charge in [-0.25, -0.2) is 0 Å². The SMILES string of the molecule is C=CCN1CC(C(=O)Nc2cnn(C(C)C)c2)CC1=O. The lowest BCUT2D eigenvalue weighted by atomic mass is 10.1. The van der Waals surface area contributed by atoms with Gasteiger partial charge < -0.3 is 10.2 Å². The normalized spacial score (nSPS) is 18.6. The molecule has 0 bridgehead atoms. The molecule has 1 aliphatic heterocycles. The van der Waals surface area contributed by atoms with E-state index in [0.29, 0.717) is 18.8 Å². The van der Waals surface area contributed by atoms with Crippen molar-refractivity contribution in [1.29, 1.82) is 0 Å². The zero-order valence-corrected chi connectivity index (χ0v) is 11.9. The van der Waals surface area contributed by atoms with E-state index >= 15 is 0 Å². The summed E-state index contributed by atoms with van der Waals surface area (Å²) in [6.07, 6.45) is 5.35. The van der Waals surface area contributed by atoms with Gasteiger partial charge in [0.15, 0.2) is 0 Å². The smallest absolute Gasteiger partial charge is 0.229 e. The van der Waals surface area contributed by atoms with Crippen LogP contribution in [0, 0.1) is 5.92 Å². The Kier molecular flexibility index (Phi) is 4.22. The number of anilines is 1. The molecule has 0 spiro atoms. The van der Waals surface area contributed by atoms with E-state index in [4.69, 9.17) is 0 Å². The maximum atomic E-state index is 12.1. The van der Waals surface area contributed by atoms with Gasteiger partial charge in [0.2, 0.25) is 11.8 Å². The van der Waals surface area contributed by atoms with Crippen LogP contribution in [0.15, 0.2) is 25.0 Å². The monoisotopic (exact) mass is 276 g/mol. The van der Waals surface area contributed by atoms with Crippen molar-refractivity contribution in [2.24, 2.45) is 5.92 Å². The highest BCUT2D eigenvalue weighted by Gasteiger charge is 2.33. The zero-order chi connectivity index (χ0) is 14.7. The second-order valence-electron chi connectivity index (χ2n) is 5.28. The highest BCUT2D eigenvalue weighted by molar-refractivity contribution is 5.97. The van der Waals surface area contributed by atoms with Crippen molar-refractivity contribution in [2.75, 3.05) is 18.4 Å². The molecule has 0 radical (unpaired) electrons. The maximum absolute atomic E-state index is 12.1. The minimum Gasteiger partial charge on any atom is -0.338 e. The van der Waals surface area contributed by atoms with Crippen LogP contribution >= 0.6 is 0 Å².